The van der Waals surface area contributed by atoms with Crippen LogP contribution in [0.2, 0.25) is 0 Å². The third kappa shape index (κ3) is 4.64. The molecule has 1 aromatic heterocycles. The number of halogens is 2. The van der Waals surface area contributed by atoms with Crippen molar-refractivity contribution in [3.63, 3.8) is 0 Å². The lowest BCUT2D eigenvalue weighted by Crippen LogP contribution is -2.18. The minimum Gasteiger partial charge on any atom is -0.493 e. The van der Waals surface area contributed by atoms with Gasteiger partial charge in [0.15, 0.2) is 11.5 Å². The van der Waals surface area contributed by atoms with Crippen LogP contribution in [-0.4, -0.2) is 36.3 Å². The molecule has 0 aliphatic heterocycles. The second kappa shape index (κ2) is 8.49. The van der Waals surface area contributed by atoms with Crippen molar-refractivity contribution in [2.75, 3.05) is 21.3 Å². The van der Waals surface area contributed by atoms with Gasteiger partial charge in [-0.1, -0.05) is 21.1 Å². The van der Waals surface area contributed by atoms with Gasteiger partial charge in [0.1, 0.15) is 5.82 Å². The molecule has 0 fully saturated rings. The molecule has 3 rings (SSSR count). The molecule has 0 radical (unpaired) electrons. The molecule has 8 heteroatoms. The first-order chi connectivity index (χ1) is 13.0. The summed E-state index contributed by atoms with van der Waals surface area (Å²) in [5.41, 5.74) is 1.34. The molecule has 0 spiro atoms. The van der Waals surface area contributed by atoms with E-state index in [1.165, 1.54) is 6.07 Å². The molecule has 2 aromatic carbocycles. The van der Waals surface area contributed by atoms with Crippen LogP contribution in [0.3, 0.4) is 0 Å². The van der Waals surface area contributed by atoms with Gasteiger partial charge >= 0.3 is 0 Å². The molecule has 6 nitrogen and oxygen atoms in total. The van der Waals surface area contributed by atoms with E-state index in [-0.39, 0.29) is 5.82 Å². The molecule has 142 valence electrons. The number of ether oxygens (including phenoxy) is 2. The van der Waals surface area contributed by atoms with Crippen molar-refractivity contribution in [2.45, 2.75) is 13.1 Å². The molecule has 1 heterocycles. The standard InChI is InChI=1S/C19H19BrFN3O3/c1-24(10-13-8-14(20)5-6-15(13)21)11-18-22-19(23-27-18)12-4-7-16(25-2)17(9-12)26-3/h4-9H,10-11H2,1-3H3. The van der Waals surface area contributed by atoms with Crippen LogP contribution < -0.4 is 9.47 Å². The quantitative estimate of drug-likeness (QED) is 0.551. The Bertz CT molecular complexity index is 932. The Balaban J connectivity index is 1.71. The third-order valence-corrected chi connectivity index (χ3v) is 4.46. The summed E-state index contributed by atoms with van der Waals surface area (Å²) in [6.07, 6.45) is 0. The smallest absolute Gasteiger partial charge is 0.241 e. The van der Waals surface area contributed by atoms with Gasteiger partial charge in [-0.3, -0.25) is 4.90 Å². The van der Waals surface area contributed by atoms with E-state index in [9.17, 15) is 4.39 Å². The Kier molecular flexibility index (Phi) is 6.08. The van der Waals surface area contributed by atoms with Gasteiger partial charge in [0.2, 0.25) is 11.7 Å². The summed E-state index contributed by atoms with van der Waals surface area (Å²) in [6, 6.07) is 10.3. The zero-order valence-electron chi connectivity index (χ0n) is 15.2. The minimum atomic E-state index is -0.249. The van der Waals surface area contributed by atoms with Crippen molar-refractivity contribution in [3.05, 3.63) is 58.1 Å². The lowest BCUT2D eigenvalue weighted by atomic mass is 10.2. The first kappa shape index (κ1) is 19.3. The number of hydrogen-bond donors (Lipinski definition) is 0. The Morgan fingerprint density at radius 1 is 1.07 bits per heavy atom. The van der Waals surface area contributed by atoms with Gasteiger partial charge in [-0.25, -0.2) is 4.39 Å². The van der Waals surface area contributed by atoms with Crippen LogP contribution in [0.25, 0.3) is 11.4 Å². The highest BCUT2D eigenvalue weighted by Crippen LogP contribution is 2.31. The fourth-order valence-corrected chi connectivity index (χ4v) is 3.06. The summed E-state index contributed by atoms with van der Waals surface area (Å²) in [5.74, 6) is 1.86. The maximum Gasteiger partial charge on any atom is 0.241 e. The Hall–Kier alpha value is -2.45. The van der Waals surface area contributed by atoms with E-state index in [1.54, 1.807) is 38.5 Å². The Morgan fingerprint density at radius 3 is 2.59 bits per heavy atom. The summed E-state index contributed by atoms with van der Waals surface area (Å²) in [6.45, 7) is 0.811. The maximum absolute atomic E-state index is 13.9. The third-order valence-electron chi connectivity index (χ3n) is 3.96. The second-order valence-electron chi connectivity index (χ2n) is 5.99. The van der Waals surface area contributed by atoms with Crippen molar-refractivity contribution >= 4 is 15.9 Å². The Labute approximate surface area is 165 Å². The largest absolute Gasteiger partial charge is 0.493 e. The normalized spacial score (nSPS) is 11.0. The van der Waals surface area contributed by atoms with Crippen molar-refractivity contribution in [1.29, 1.82) is 0 Å². The Morgan fingerprint density at radius 2 is 1.85 bits per heavy atom. The van der Waals surface area contributed by atoms with Crippen LogP contribution in [0.15, 0.2) is 45.4 Å². The van der Waals surface area contributed by atoms with Gasteiger partial charge in [-0.05, 0) is 43.4 Å². The van der Waals surface area contributed by atoms with Crippen LogP contribution in [0.4, 0.5) is 4.39 Å². The number of benzene rings is 2. The van der Waals surface area contributed by atoms with Crippen LogP contribution >= 0.6 is 15.9 Å². The molecular formula is C19H19BrFN3O3. The highest BCUT2D eigenvalue weighted by atomic mass is 79.9. The second-order valence-corrected chi connectivity index (χ2v) is 6.91. The van der Waals surface area contributed by atoms with Crippen molar-refractivity contribution in [1.82, 2.24) is 15.0 Å². The van der Waals surface area contributed by atoms with Crippen LogP contribution in [0, 0.1) is 5.82 Å². The first-order valence-electron chi connectivity index (χ1n) is 8.17. The monoisotopic (exact) mass is 435 g/mol. The first-order valence-corrected chi connectivity index (χ1v) is 8.97. The van der Waals surface area contributed by atoms with Crippen molar-refractivity contribution in [3.8, 4) is 22.9 Å². The van der Waals surface area contributed by atoms with Gasteiger partial charge in [0.25, 0.3) is 0 Å². The van der Waals surface area contributed by atoms with Gasteiger partial charge in [-0.15, -0.1) is 0 Å². The van der Waals surface area contributed by atoms with E-state index in [0.717, 1.165) is 10.0 Å². The van der Waals surface area contributed by atoms with E-state index < -0.39 is 0 Å². The summed E-state index contributed by atoms with van der Waals surface area (Å²) in [5, 5.41) is 4.02. The molecule has 0 aliphatic rings. The highest BCUT2D eigenvalue weighted by Gasteiger charge is 2.14. The number of hydrogen-bond acceptors (Lipinski definition) is 6. The average Bonchev–Trinajstić information content (AvgIpc) is 3.12. The zero-order chi connectivity index (χ0) is 19.4. The lowest BCUT2D eigenvalue weighted by molar-refractivity contribution is 0.258. The van der Waals surface area contributed by atoms with Crippen LogP contribution in [0.1, 0.15) is 11.5 Å². The topological polar surface area (TPSA) is 60.6 Å². The molecular weight excluding hydrogens is 417 g/mol. The molecule has 3 aromatic rings. The molecule has 0 N–H and O–H groups in total. The molecule has 0 unspecified atom stereocenters. The summed E-state index contributed by atoms with van der Waals surface area (Å²) in [7, 11) is 5.01. The molecule has 0 saturated heterocycles. The van der Waals surface area contributed by atoms with E-state index in [2.05, 4.69) is 26.1 Å². The van der Waals surface area contributed by atoms with Gasteiger partial charge in [0.05, 0.1) is 20.8 Å². The molecule has 0 aliphatic carbocycles. The fraction of sp³-hybridized carbons (Fsp3) is 0.263. The minimum absolute atomic E-state index is 0.249. The predicted octanol–water partition coefficient (Wildman–Crippen LogP) is 4.29. The van der Waals surface area contributed by atoms with Gasteiger partial charge in [0, 0.05) is 22.1 Å². The van der Waals surface area contributed by atoms with E-state index >= 15 is 0 Å². The predicted molar refractivity (Wildman–Crippen MR) is 102 cm³/mol. The van der Waals surface area contributed by atoms with Gasteiger partial charge < -0.3 is 14.0 Å². The molecule has 0 bridgehead atoms. The maximum atomic E-state index is 13.9. The fourth-order valence-electron chi connectivity index (χ4n) is 2.65. The summed E-state index contributed by atoms with van der Waals surface area (Å²) >= 11 is 3.36. The van der Waals surface area contributed by atoms with Crippen LogP contribution in [0.5, 0.6) is 11.5 Å². The molecule has 0 atom stereocenters. The lowest BCUT2D eigenvalue weighted by Gasteiger charge is -2.14. The molecule has 0 saturated carbocycles. The number of rotatable bonds is 7. The number of methoxy groups -OCH3 is 2. The van der Waals surface area contributed by atoms with Gasteiger partial charge in [-0.2, -0.15) is 4.98 Å². The molecule has 0 amide bonds. The number of aromatic nitrogens is 2. The average molecular weight is 436 g/mol. The number of nitrogens with zero attached hydrogens (tertiary/aromatic N) is 3. The van der Waals surface area contributed by atoms with Crippen LogP contribution in [-0.2, 0) is 13.1 Å². The SMILES string of the molecule is COc1ccc(-c2noc(CN(C)Cc3cc(Br)ccc3F)n2)cc1OC. The summed E-state index contributed by atoms with van der Waals surface area (Å²) < 4.78 is 30.6. The van der Waals surface area contributed by atoms with Crippen molar-refractivity contribution in [2.24, 2.45) is 0 Å². The highest BCUT2D eigenvalue weighted by molar-refractivity contribution is 9.10. The van der Waals surface area contributed by atoms with Crippen molar-refractivity contribution < 1.29 is 18.4 Å². The molecule has 27 heavy (non-hydrogen) atoms. The van der Waals surface area contributed by atoms with E-state index in [4.69, 9.17) is 14.0 Å². The summed E-state index contributed by atoms with van der Waals surface area (Å²) in [4.78, 5) is 6.31. The van der Waals surface area contributed by atoms with E-state index in [1.807, 2.05) is 18.0 Å². The zero-order valence-corrected chi connectivity index (χ0v) is 16.8. The van der Waals surface area contributed by atoms with E-state index in [0.29, 0.717) is 41.9 Å².